The summed E-state index contributed by atoms with van der Waals surface area (Å²) < 4.78 is 25.7. The number of amides is 1. The molecular weight excluding hydrogens is 254 g/mol. The summed E-state index contributed by atoms with van der Waals surface area (Å²) in [6, 6.07) is 4.72. The first-order valence-electron chi connectivity index (χ1n) is 5.45. The molecule has 4 N–H and O–H groups in total. The minimum absolute atomic E-state index is 0.149. The number of sulfonamides is 1. The average molecular weight is 271 g/mol. The van der Waals surface area contributed by atoms with Gasteiger partial charge in [-0.15, -0.1) is 0 Å². The normalized spacial score (nSPS) is 11.3. The van der Waals surface area contributed by atoms with Crippen molar-refractivity contribution in [2.45, 2.75) is 18.2 Å². The molecule has 0 unspecified atom stereocenters. The molecule has 1 aromatic carbocycles. The van der Waals surface area contributed by atoms with Crippen molar-refractivity contribution in [3.8, 4) is 0 Å². The van der Waals surface area contributed by atoms with Gasteiger partial charge >= 0.3 is 0 Å². The quantitative estimate of drug-likeness (QED) is 0.711. The zero-order valence-electron chi connectivity index (χ0n) is 10.4. The number of benzene rings is 1. The molecule has 0 fully saturated rings. The van der Waals surface area contributed by atoms with Crippen LogP contribution in [0.3, 0.4) is 0 Å². The highest BCUT2D eigenvalue weighted by molar-refractivity contribution is 7.89. The van der Waals surface area contributed by atoms with Gasteiger partial charge in [0.25, 0.3) is 0 Å². The summed E-state index contributed by atoms with van der Waals surface area (Å²) in [5, 5.41) is 2.64. The van der Waals surface area contributed by atoms with E-state index in [4.69, 9.17) is 5.73 Å². The maximum Gasteiger partial charge on any atom is 0.240 e. The summed E-state index contributed by atoms with van der Waals surface area (Å²) in [7, 11) is -2.18. The van der Waals surface area contributed by atoms with Crippen LogP contribution in [-0.4, -0.2) is 27.9 Å². The molecule has 0 aliphatic heterocycles. The molecule has 0 bridgehead atoms. The van der Waals surface area contributed by atoms with Gasteiger partial charge in [-0.05, 0) is 31.7 Å². The van der Waals surface area contributed by atoms with Gasteiger partial charge in [-0.2, -0.15) is 0 Å². The molecule has 6 nitrogen and oxygen atoms in total. The number of carbonyl (C=O) groups excluding carboxylic acids is 1. The first-order valence-corrected chi connectivity index (χ1v) is 6.93. The van der Waals surface area contributed by atoms with E-state index in [1.165, 1.54) is 13.1 Å². The predicted octanol–water partition coefficient (Wildman–Crippen LogP) is 0.190. The van der Waals surface area contributed by atoms with Gasteiger partial charge in [-0.3, -0.25) is 4.79 Å². The van der Waals surface area contributed by atoms with Gasteiger partial charge in [0.1, 0.15) is 0 Å². The zero-order valence-corrected chi connectivity index (χ0v) is 11.2. The molecular formula is C11H17N3O3S. The number of rotatable bonds is 5. The Morgan fingerprint density at radius 1 is 1.39 bits per heavy atom. The lowest BCUT2D eigenvalue weighted by Gasteiger charge is -2.12. The lowest BCUT2D eigenvalue weighted by atomic mass is 10.2. The van der Waals surface area contributed by atoms with Crippen LogP contribution >= 0.6 is 0 Å². The second-order valence-corrected chi connectivity index (χ2v) is 5.58. The zero-order chi connectivity index (χ0) is 13.8. The van der Waals surface area contributed by atoms with Crippen LogP contribution in [0.15, 0.2) is 23.1 Å². The first-order chi connectivity index (χ1) is 8.42. The number of hydrogen-bond acceptors (Lipinski definition) is 4. The highest BCUT2D eigenvalue weighted by Gasteiger charge is 2.16. The van der Waals surface area contributed by atoms with Gasteiger partial charge in [-0.1, -0.05) is 6.07 Å². The van der Waals surface area contributed by atoms with Gasteiger partial charge < -0.3 is 11.1 Å². The maximum absolute atomic E-state index is 11.7. The fourth-order valence-electron chi connectivity index (χ4n) is 1.49. The van der Waals surface area contributed by atoms with Crippen molar-refractivity contribution in [3.05, 3.63) is 23.8 Å². The molecule has 0 aromatic heterocycles. The molecule has 0 saturated heterocycles. The Bertz CT molecular complexity index is 540. The predicted molar refractivity (Wildman–Crippen MR) is 69.7 cm³/mol. The minimum Gasteiger partial charge on any atom is -0.330 e. The lowest BCUT2D eigenvalue weighted by molar-refractivity contribution is -0.116. The number of nitrogens with one attached hydrogen (secondary N) is 2. The van der Waals surface area contributed by atoms with E-state index >= 15 is 0 Å². The van der Waals surface area contributed by atoms with Crippen molar-refractivity contribution in [1.82, 2.24) is 4.72 Å². The molecule has 0 spiro atoms. The van der Waals surface area contributed by atoms with Gasteiger partial charge in [0.15, 0.2) is 0 Å². The first kappa shape index (κ1) is 14.6. The Morgan fingerprint density at radius 2 is 2.06 bits per heavy atom. The van der Waals surface area contributed by atoms with Crippen LogP contribution < -0.4 is 15.8 Å². The molecule has 1 rings (SSSR count). The Morgan fingerprint density at radius 3 is 2.61 bits per heavy atom. The fraction of sp³-hybridized carbons (Fsp3) is 0.364. The second kappa shape index (κ2) is 5.94. The average Bonchev–Trinajstić information content (AvgIpc) is 2.32. The standard InChI is InChI=1S/C11H17N3O3S/c1-8-9(14-11(15)6-7-12)4-3-5-10(8)18(16,17)13-2/h3-5,13H,6-7,12H2,1-2H3,(H,14,15). The highest BCUT2D eigenvalue weighted by atomic mass is 32.2. The summed E-state index contributed by atoms with van der Waals surface area (Å²) in [5.41, 5.74) is 6.25. The van der Waals surface area contributed by atoms with Crippen LogP contribution in [0.2, 0.25) is 0 Å². The molecule has 0 aliphatic rings. The monoisotopic (exact) mass is 271 g/mol. The summed E-state index contributed by atoms with van der Waals surface area (Å²) >= 11 is 0. The van der Waals surface area contributed by atoms with Gasteiger partial charge in [0, 0.05) is 18.7 Å². The van der Waals surface area contributed by atoms with E-state index in [2.05, 4.69) is 10.0 Å². The van der Waals surface area contributed by atoms with Crippen LogP contribution in [0, 0.1) is 6.92 Å². The smallest absolute Gasteiger partial charge is 0.240 e. The van der Waals surface area contributed by atoms with Gasteiger partial charge in [0.2, 0.25) is 15.9 Å². The maximum atomic E-state index is 11.7. The van der Waals surface area contributed by atoms with Crippen molar-refractivity contribution in [2.24, 2.45) is 5.73 Å². The summed E-state index contributed by atoms with van der Waals surface area (Å²) in [4.78, 5) is 11.6. The Balaban J connectivity index is 3.11. The molecule has 0 aliphatic carbocycles. The fourth-order valence-corrected chi connectivity index (χ4v) is 2.49. The summed E-state index contributed by atoms with van der Waals surface area (Å²) in [6.45, 7) is 1.89. The van der Waals surface area contributed by atoms with Crippen LogP contribution in [0.1, 0.15) is 12.0 Å². The second-order valence-electron chi connectivity index (χ2n) is 3.72. The number of carbonyl (C=O) groups is 1. The third-order valence-corrected chi connectivity index (χ3v) is 4.05. The SMILES string of the molecule is CNS(=O)(=O)c1cccc(NC(=O)CCN)c1C. The molecule has 0 radical (unpaired) electrons. The summed E-state index contributed by atoms with van der Waals surface area (Å²) in [6.07, 6.45) is 0.197. The third-order valence-electron chi connectivity index (χ3n) is 2.49. The summed E-state index contributed by atoms with van der Waals surface area (Å²) in [5.74, 6) is -0.236. The van der Waals surface area contributed by atoms with Crippen LogP contribution in [-0.2, 0) is 14.8 Å². The minimum atomic E-state index is -3.53. The molecule has 0 atom stereocenters. The van der Waals surface area contributed by atoms with E-state index < -0.39 is 10.0 Å². The Kier molecular flexibility index (Phi) is 4.83. The number of anilines is 1. The molecule has 18 heavy (non-hydrogen) atoms. The molecule has 0 heterocycles. The van der Waals surface area contributed by atoms with E-state index in [1.807, 2.05) is 0 Å². The highest BCUT2D eigenvalue weighted by Crippen LogP contribution is 2.22. The van der Waals surface area contributed by atoms with Crippen molar-refractivity contribution in [2.75, 3.05) is 18.9 Å². The largest absolute Gasteiger partial charge is 0.330 e. The van der Waals surface area contributed by atoms with E-state index in [0.29, 0.717) is 11.3 Å². The molecule has 1 aromatic rings. The van der Waals surface area contributed by atoms with Gasteiger partial charge in [0.05, 0.1) is 4.90 Å². The van der Waals surface area contributed by atoms with E-state index in [9.17, 15) is 13.2 Å². The van der Waals surface area contributed by atoms with Crippen molar-refractivity contribution in [1.29, 1.82) is 0 Å². The Hall–Kier alpha value is -1.44. The third kappa shape index (κ3) is 3.28. The van der Waals surface area contributed by atoms with Gasteiger partial charge in [-0.25, -0.2) is 13.1 Å². The molecule has 0 saturated carbocycles. The number of hydrogen-bond donors (Lipinski definition) is 3. The van der Waals surface area contributed by atoms with Crippen molar-refractivity contribution >= 4 is 21.6 Å². The molecule has 1 amide bonds. The van der Waals surface area contributed by atoms with Crippen molar-refractivity contribution in [3.63, 3.8) is 0 Å². The topological polar surface area (TPSA) is 101 Å². The van der Waals surface area contributed by atoms with Crippen LogP contribution in [0.5, 0.6) is 0 Å². The number of nitrogens with two attached hydrogens (primary N) is 1. The van der Waals surface area contributed by atoms with Crippen LogP contribution in [0.4, 0.5) is 5.69 Å². The van der Waals surface area contributed by atoms with Crippen molar-refractivity contribution < 1.29 is 13.2 Å². The van der Waals surface area contributed by atoms with E-state index in [-0.39, 0.29) is 23.8 Å². The van der Waals surface area contributed by atoms with Crippen LogP contribution in [0.25, 0.3) is 0 Å². The lowest BCUT2D eigenvalue weighted by Crippen LogP contribution is -2.21. The molecule has 7 heteroatoms. The van der Waals surface area contributed by atoms with E-state index in [1.54, 1.807) is 19.1 Å². The van der Waals surface area contributed by atoms with E-state index in [0.717, 1.165) is 0 Å². The Labute approximate surface area is 107 Å². The molecule has 100 valence electrons.